The van der Waals surface area contributed by atoms with Gasteiger partial charge in [0.05, 0.1) is 6.54 Å². The van der Waals surface area contributed by atoms with Crippen LogP contribution in [-0.4, -0.2) is 23.7 Å². The Morgan fingerprint density at radius 1 is 1.00 bits per heavy atom. The minimum Gasteiger partial charge on any atom is -0.367 e. The number of benzene rings is 2. The third-order valence-electron chi connectivity index (χ3n) is 4.41. The lowest BCUT2D eigenvalue weighted by Crippen LogP contribution is -2.27. The first-order valence-corrected chi connectivity index (χ1v) is 8.09. The van der Waals surface area contributed by atoms with Gasteiger partial charge in [0.1, 0.15) is 5.69 Å². The van der Waals surface area contributed by atoms with Crippen molar-refractivity contribution in [3.05, 3.63) is 72.6 Å². The Bertz CT molecular complexity index is 921. The number of halogens is 1. The molecule has 0 bridgehead atoms. The summed E-state index contributed by atoms with van der Waals surface area (Å²) in [6.45, 7) is 0.961. The molecular formula is C21H17FN2. The van der Waals surface area contributed by atoms with Crippen molar-refractivity contribution in [1.82, 2.24) is 4.98 Å². The molecule has 2 nitrogen and oxygen atoms in total. The maximum atomic E-state index is 15.1. The highest BCUT2D eigenvalue weighted by Crippen LogP contribution is 2.33. The van der Waals surface area contributed by atoms with E-state index in [2.05, 4.69) is 46.0 Å². The molecule has 0 N–H and O–H groups in total. The lowest BCUT2D eigenvalue weighted by atomic mass is 10.1. The number of alkyl halides is 1. The summed E-state index contributed by atoms with van der Waals surface area (Å²) in [5, 5.41) is 2.33. The summed E-state index contributed by atoms with van der Waals surface area (Å²) in [5.41, 5.74) is 0.194. The van der Waals surface area contributed by atoms with Gasteiger partial charge >= 0.3 is 0 Å². The van der Waals surface area contributed by atoms with E-state index in [0.29, 0.717) is 25.2 Å². The van der Waals surface area contributed by atoms with Gasteiger partial charge in [-0.3, -0.25) is 0 Å². The maximum absolute atomic E-state index is 15.1. The fourth-order valence-electron chi connectivity index (χ4n) is 3.18. The Hall–Kier alpha value is -2.86. The Kier molecular flexibility index (Phi) is 3.66. The summed E-state index contributed by atoms with van der Waals surface area (Å²) >= 11 is 0. The van der Waals surface area contributed by atoms with Crippen LogP contribution in [0.3, 0.4) is 0 Å². The van der Waals surface area contributed by atoms with Crippen molar-refractivity contribution < 1.29 is 4.39 Å². The van der Waals surface area contributed by atoms with Crippen LogP contribution in [-0.2, 0) is 0 Å². The number of rotatable bonds is 1. The molecular weight excluding hydrogens is 299 g/mol. The number of hydrogen-bond donors (Lipinski definition) is 0. The van der Waals surface area contributed by atoms with E-state index in [4.69, 9.17) is 0 Å². The monoisotopic (exact) mass is 316 g/mol. The first-order valence-electron chi connectivity index (χ1n) is 8.09. The third-order valence-corrected chi connectivity index (χ3v) is 4.41. The molecule has 1 atom stereocenters. The van der Waals surface area contributed by atoms with E-state index >= 15 is 4.39 Å². The second-order valence-electron chi connectivity index (χ2n) is 6.10. The van der Waals surface area contributed by atoms with E-state index in [0.717, 1.165) is 11.1 Å². The van der Waals surface area contributed by atoms with E-state index in [1.54, 1.807) is 12.3 Å². The number of hydrogen-bond acceptors (Lipinski definition) is 2. The molecule has 2 heterocycles. The van der Waals surface area contributed by atoms with E-state index in [1.165, 1.54) is 5.39 Å². The summed E-state index contributed by atoms with van der Waals surface area (Å²) in [6, 6.07) is 19.9. The smallest absolute Gasteiger partial charge is 0.190 e. The molecule has 1 saturated heterocycles. The van der Waals surface area contributed by atoms with E-state index in [9.17, 15) is 0 Å². The molecule has 0 saturated carbocycles. The van der Waals surface area contributed by atoms with Crippen LogP contribution in [0.2, 0.25) is 0 Å². The Labute approximate surface area is 140 Å². The van der Waals surface area contributed by atoms with Crippen molar-refractivity contribution in [3.8, 4) is 11.8 Å². The number of pyridine rings is 1. The lowest BCUT2D eigenvalue weighted by Gasteiger charge is -2.21. The third kappa shape index (κ3) is 2.83. The van der Waals surface area contributed by atoms with Gasteiger partial charge in [0.2, 0.25) is 0 Å². The number of fused-ring (bicyclic) bond motifs is 1. The fourth-order valence-corrected chi connectivity index (χ4v) is 3.18. The molecule has 1 aliphatic heterocycles. The molecule has 1 fully saturated rings. The van der Waals surface area contributed by atoms with Gasteiger partial charge < -0.3 is 4.90 Å². The summed E-state index contributed by atoms with van der Waals surface area (Å²) in [5.74, 6) is 5.67. The van der Waals surface area contributed by atoms with Crippen molar-refractivity contribution >= 4 is 16.5 Å². The largest absolute Gasteiger partial charge is 0.367 e. The normalized spacial score (nSPS) is 20.0. The average Bonchev–Trinajstić information content (AvgIpc) is 3.03. The van der Waals surface area contributed by atoms with Gasteiger partial charge in [0, 0.05) is 30.2 Å². The highest BCUT2D eigenvalue weighted by atomic mass is 19.1. The average molecular weight is 316 g/mol. The van der Waals surface area contributed by atoms with Crippen LogP contribution in [0.4, 0.5) is 10.1 Å². The van der Waals surface area contributed by atoms with E-state index < -0.39 is 5.67 Å². The number of aromatic nitrogens is 1. The molecule has 1 aromatic heterocycles. The van der Waals surface area contributed by atoms with Crippen LogP contribution in [0.5, 0.6) is 0 Å². The van der Waals surface area contributed by atoms with Crippen LogP contribution >= 0.6 is 0 Å². The van der Waals surface area contributed by atoms with Crippen LogP contribution in [0, 0.1) is 11.8 Å². The Balaban J connectivity index is 1.61. The quantitative estimate of drug-likeness (QED) is 0.625. The molecule has 0 spiro atoms. The lowest BCUT2D eigenvalue weighted by molar-refractivity contribution is 0.274. The minimum absolute atomic E-state index is 0.293. The second kappa shape index (κ2) is 5.98. The van der Waals surface area contributed by atoms with Gasteiger partial charge in [-0.2, -0.15) is 0 Å². The van der Waals surface area contributed by atoms with Crippen molar-refractivity contribution in [1.29, 1.82) is 0 Å². The second-order valence-corrected chi connectivity index (χ2v) is 6.10. The van der Waals surface area contributed by atoms with Crippen molar-refractivity contribution in [3.63, 3.8) is 0 Å². The molecule has 0 radical (unpaired) electrons. The zero-order valence-electron chi connectivity index (χ0n) is 13.2. The van der Waals surface area contributed by atoms with Crippen LogP contribution in [0.15, 0.2) is 66.9 Å². The summed E-state index contributed by atoms with van der Waals surface area (Å²) in [7, 11) is 0. The number of nitrogens with zero attached hydrogens (tertiary/aromatic N) is 2. The molecule has 1 unspecified atom stereocenters. The van der Waals surface area contributed by atoms with E-state index in [1.807, 2.05) is 30.3 Å². The predicted octanol–water partition coefficient (Wildman–Crippen LogP) is 4.20. The van der Waals surface area contributed by atoms with Crippen molar-refractivity contribution in [2.75, 3.05) is 18.0 Å². The van der Waals surface area contributed by atoms with Crippen molar-refractivity contribution in [2.24, 2.45) is 0 Å². The maximum Gasteiger partial charge on any atom is 0.190 e. The molecule has 0 amide bonds. The molecule has 3 heteroatoms. The van der Waals surface area contributed by atoms with E-state index in [-0.39, 0.29) is 0 Å². The highest BCUT2D eigenvalue weighted by molar-refractivity contribution is 5.94. The van der Waals surface area contributed by atoms with Gasteiger partial charge in [0.15, 0.2) is 5.67 Å². The van der Waals surface area contributed by atoms with Gasteiger partial charge in [-0.1, -0.05) is 48.4 Å². The summed E-state index contributed by atoms with van der Waals surface area (Å²) in [6.07, 6.45) is 2.09. The SMILES string of the molecule is FC1(C#Cc2ccccn2)CCN(c2cccc3ccccc23)C1. The van der Waals surface area contributed by atoms with Gasteiger partial charge in [-0.15, -0.1) is 0 Å². The molecule has 2 aromatic carbocycles. The minimum atomic E-state index is -1.49. The first kappa shape index (κ1) is 14.7. The standard InChI is InChI=1S/C21H17FN2/c22-21(12-11-18-8-3-4-14-23-18)13-15-24(16-21)20-10-5-7-17-6-1-2-9-19(17)20/h1-10,14H,13,15-16H2. The molecule has 3 aromatic rings. The van der Waals surface area contributed by atoms with Crippen LogP contribution < -0.4 is 4.90 Å². The fraction of sp³-hybridized carbons (Fsp3) is 0.190. The van der Waals surface area contributed by atoms with Crippen LogP contribution in [0.1, 0.15) is 12.1 Å². The van der Waals surface area contributed by atoms with Gasteiger partial charge in [-0.25, -0.2) is 9.37 Å². The molecule has 1 aliphatic rings. The molecule has 24 heavy (non-hydrogen) atoms. The van der Waals surface area contributed by atoms with Gasteiger partial charge in [-0.05, 0) is 29.5 Å². The molecule has 4 rings (SSSR count). The highest BCUT2D eigenvalue weighted by Gasteiger charge is 2.37. The summed E-state index contributed by atoms with van der Waals surface area (Å²) in [4.78, 5) is 6.23. The zero-order valence-corrected chi connectivity index (χ0v) is 13.2. The van der Waals surface area contributed by atoms with Gasteiger partial charge in [0.25, 0.3) is 0 Å². The summed E-state index contributed by atoms with van der Waals surface area (Å²) < 4.78 is 15.1. The molecule has 0 aliphatic carbocycles. The van der Waals surface area contributed by atoms with Crippen molar-refractivity contribution in [2.45, 2.75) is 12.1 Å². The first-order chi connectivity index (χ1) is 11.7. The number of anilines is 1. The predicted molar refractivity (Wildman–Crippen MR) is 95.7 cm³/mol. The Morgan fingerprint density at radius 2 is 1.83 bits per heavy atom. The molecule has 118 valence electrons. The zero-order chi connectivity index (χ0) is 16.4. The van der Waals surface area contributed by atoms with Crippen LogP contribution in [0.25, 0.3) is 10.8 Å². The topological polar surface area (TPSA) is 16.1 Å². The Morgan fingerprint density at radius 3 is 2.71 bits per heavy atom.